The third-order valence-corrected chi connectivity index (χ3v) is 3.68. The molecule has 1 aliphatic heterocycles. The molecule has 1 N–H and O–H groups in total. The van der Waals surface area contributed by atoms with Crippen LogP contribution in [-0.2, 0) is 0 Å². The molecule has 0 saturated carbocycles. The fourth-order valence-corrected chi connectivity index (χ4v) is 2.62. The van der Waals surface area contributed by atoms with Crippen LogP contribution in [-0.4, -0.2) is 22.5 Å². The van der Waals surface area contributed by atoms with E-state index in [0.29, 0.717) is 6.04 Å². The van der Waals surface area contributed by atoms with Crippen LogP contribution in [0.15, 0.2) is 4.99 Å². The van der Waals surface area contributed by atoms with Gasteiger partial charge in [0.2, 0.25) is 0 Å². The Kier molecular flexibility index (Phi) is 4.30. The minimum Gasteiger partial charge on any atom is -0.359 e. The number of amidine groups is 1. The third kappa shape index (κ3) is 3.91. The molecule has 0 bridgehead atoms. The summed E-state index contributed by atoms with van der Waals surface area (Å²) in [6.45, 7) is 8.88. The number of aliphatic imine (C=N–C) groups is 1. The maximum atomic E-state index is 4.68. The van der Waals surface area contributed by atoms with E-state index < -0.39 is 0 Å². The summed E-state index contributed by atoms with van der Waals surface area (Å²) in [5.41, 5.74) is 0.230. The lowest BCUT2D eigenvalue weighted by molar-refractivity contribution is 0.532. The molecule has 1 unspecified atom stereocenters. The lowest BCUT2D eigenvalue weighted by Gasteiger charge is -2.16. The van der Waals surface area contributed by atoms with Crippen molar-refractivity contribution in [1.29, 1.82) is 0 Å². The molecule has 1 heterocycles. The smallest absolute Gasteiger partial charge is 0.157 e. The molecule has 0 amide bonds. The highest BCUT2D eigenvalue weighted by Crippen LogP contribution is 2.22. The zero-order valence-corrected chi connectivity index (χ0v) is 10.6. The van der Waals surface area contributed by atoms with Crippen LogP contribution < -0.4 is 5.32 Å². The van der Waals surface area contributed by atoms with E-state index in [4.69, 9.17) is 0 Å². The van der Waals surface area contributed by atoms with E-state index in [1.54, 1.807) is 0 Å². The molecule has 2 nitrogen and oxygen atoms in total. The van der Waals surface area contributed by atoms with Gasteiger partial charge in [0.15, 0.2) is 5.17 Å². The van der Waals surface area contributed by atoms with Gasteiger partial charge in [0.25, 0.3) is 0 Å². The van der Waals surface area contributed by atoms with Crippen molar-refractivity contribution < 1.29 is 0 Å². The Morgan fingerprint density at radius 1 is 1.57 bits per heavy atom. The van der Waals surface area contributed by atoms with Gasteiger partial charge in [0.05, 0.1) is 0 Å². The molecular weight excluding hydrogens is 192 g/mol. The maximum absolute atomic E-state index is 4.68. The fraction of sp³-hybridized carbons (Fsp3) is 0.909. The van der Waals surface area contributed by atoms with Gasteiger partial charge in [-0.25, -0.2) is 0 Å². The number of unbranched alkanes of at least 4 members (excludes halogenated alkanes) is 1. The van der Waals surface area contributed by atoms with E-state index in [1.165, 1.54) is 19.3 Å². The molecule has 1 rings (SSSR count). The largest absolute Gasteiger partial charge is 0.359 e. The van der Waals surface area contributed by atoms with Crippen molar-refractivity contribution in [3.8, 4) is 0 Å². The summed E-state index contributed by atoms with van der Waals surface area (Å²) in [6.07, 6.45) is 3.76. The van der Waals surface area contributed by atoms with Gasteiger partial charge in [-0.15, -0.1) is 0 Å². The molecule has 14 heavy (non-hydrogen) atoms. The van der Waals surface area contributed by atoms with Gasteiger partial charge in [-0.05, 0) is 27.2 Å². The number of nitrogens with zero attached hydrogens (tertiary/aromatic N) is 1. The SMILES string of the molecule is CCCCC(C)N=C1NC(C)(C)CS1. The Balaban J connectivity index is 2.37. The van der Waals surface area contributed by atoms with Crippen molar-refractivity contribution in [2.75, 3.05) is 5.75 Å². The number of hydrogen-bond donors (Lipinski definition) is 1. The van der Waals surface area contributed by atoms with Crippen molar-refractivity contribution in [1.82, 2.24) is 5.32 Å². The number of nitrogens with one attached hydrogen (secondary N) is 1. The van der Waals surface area contributed by atoms with Crippen molar-refractivity contribution in [3.05, 3.63) is 0 Å². The predicted octanol–water partition coefficient (Wildman–Crippen LogP) is 3.04. The highest BCUT2D eigenvalue weighted by Gasteiger charge is 2.27. The van der Waals surface area contributed by atoms with Gasteiger partial charge >= 0.3 is 0 Å². The van der Waals surface area contributed by atoms with Crippen LogP contribution in [0.1, 0.15) is 47.0 Å². The van der Waals surface area contributed by atoms with Gasteiger partial charge in [0, 0.05) is 17.3 Å². The van der Waals surface area contributed by atoms with Crippen LogP contribution in [0.4, 0.5) is 0 Å². The van der Waals surface area contributed by atoms with Gasteiger partial charge in [-0.3, -0.25) is 4.99 Å². The zero-order chi connectivity index (χ0) is 10.6. The van der Waals surface area contributed by atoms with Crippen LogP contribution in [0.2, 0.25) is 0 Å². The molecular formula is C11H22N2S. The summed E-state index contributed by atoms with van der Waals surface area (Å²) in [5.74, 6) is 1.13. The second-order valence-electron chi connectivity index (χ2n) is 4.72. The minimum absolute atomic E-state index is 0.230. The van der Waals surface area contributed by atoms with Crippen molar-refractivity contribution >= 4 is 16.9 Å². The molecule has 0 aromatic heterocycles. The summed E-state index contributed by atoms with van der Waals surface area (Å²) < 4.78 is 0. The molecule has 1 aliphatic rings. The highest BCUT2D eigenvalue weighted by atomic mass is 32.2. The van der Waals surface area contributed by atoms with E-state index in [0.717, 1.165) is 10.9 Å². The number of hydrogen-bond acceptors (Lipinski definition) is 2. The topological polar surface area (TPSA) is 24.4 Å². The van der Waals surface area contributed by atoms with Crippen LogP contribution in [0.25, 0.3) is 0 Å². The van der Waals surface area contributed by atoms with Gasteiger partial charge in [0.1, 0.15) is 0 Å². The molecule has 0 aromatic carbocycles. The normalized spacial score (nSPS) is 25.0. The molecule has 82 valence electrons. The summed E-state index contributed by atoms with van der Waals surface area (Å²) in [7, 11) is 0. The first-order valence-corrected chi connectivity index (χ1v) is 6.51. The lowest BCUT2D eigenvalue weighted by Crippen LogP contribution is -2.37. The van der Waals surface area contributed by atoms with Crippen LogP contribution in [0.5, 0.6) is 0 Å². The average Bonchev–Trinajstić information content (AvgIpc) is 2.42. The molecule has 1 atom stereocenters. The molecule has 0 aromatic rings. The van der Waals surface area contributed by atoms with Crippen LogP contribution >= 0.6 is 11.8 Å². The molecule has 0 spiro atoms. The first-order chi connectivity index (χ1) is 6.53. The standard InChI is InChI=1S/C11H22N2S/c1-5-6-7-9(2)12-10-13-11(3,4)8-14-10/h9H,5-8H2,1-4H3,(H,12,13). The van der Waals surface area contributed by atoms with Gasteiger partial charge < -0.3 is 5.32 Å². The Bertz CT molecular complexity index is 211. The van der Waals surface area contributed by atoms with Crippen LogP contribution in [0, 0.1) is 0 Å². The average molecular weight is 214 g/mol. The second-order valence-corrected chi connectivity index (χ2v) is 5.69. The van der Waals surface area contributed by atoms with Gasteiger partial charge in [-0.1, -0.05) is 31.5 Å². The maximum Gasteiger partial charge on any atom is 0.157 e. The first kappa shape index (κ1) is 11.9. The summed E-state index contributed by atoms with van der Waals surface area (Å²) in [5, 5.41) is 4.59. The Labute approximate surface area is 92.0 Å². The monoisotopic (exact) mass is 214 g/mol. The van der Waals surface area contributed by atoms with Gasteiger partial charge in [-0.2, -0.15) is 0 Å². The third-order valence-electron chi connectivity index (χ3n) is 2.33. The molecule has 3 heteroatoms. The Hall–Kier alpha value is -0.180. The quantitative estimate of drug-likeness (QED) is 0.778. The molecule has 1 saturated heterocycles. The van der Waals surface area contributed by atoms with Crippen molar-refractivity contribution in [2.24, 2.45) is 4.99 Å². The van der Waals surface area contributed by atoms with E-state index in [1.807, 2.05) is 11.8 Å². The number of rotatable bonds is 4. The summed E-state index contributed by atoms with van der Waals surface area (Å²) >= 11 is 1.85. The van der Waals surface area contributed by atoms with E-state index in [-0.39, 0.29) is 5.54 Å². The lowest BCUT2D eigenvalue weighted by atomic mass is 10.1. The van der Waals surface area contributed by atoms with E-state index in [2.05, 4.69) is 38.0 Å². The Morgan fingerprint density at radius 3 is 2.79 bits per heavy atom. The Morgan fingerprint density at radius 2 is 2.29 bits per heavy atom. The zero-order valence-electron chi connectivity index (χ0n) is 9.76. The summed E-state index contributed by atoms with van der Waals surface area (Å²) in [6, 6.07) is 0.471. The van der Waals surface area contributed by atoms with E-state index >= 15 is 0 Å². The van der Waals surface area contributed by atoms with Crippen molar-refractivity contribution in [2.45, 2.75) is 58.5 Å². The van der Waals surface area contributed by atoms with E-state index in [9.17, 15) is 0 Å². The summed E-state index contributed by atoms with van der Waals surface area (Å²) in [4.78, 5) is 4.68. The molecule has 0 radical (unpaired) electrons. The highest BCUT2D eigenvalue weighted by molar-refractivity contribution is 8.14. The predicted molar refractivity (Wildman–Crippen MR) is 66.1 cm³/mol. The first-order valence-electron chi connectivity index (χ1n) is 5.52. The minimum atomic E-state index is 0.230. The van der Waals surface area contributed by atoms with Crippen LogP contribution in [0.3, 0.4) is 0 Å². The second kappa shape index (κ2) is 5.06. The number of thioether (sulfide) groups is 1. The van der Waals surface area contributed by atoms with Crippen molar-refractivity contribution in [3.63, 3.8) is 0 Å². The fourth-order valence-electron chi connectivity index (χ4n) is 1.44. The molecule has 1 fully saturated rings. The molecule has 0 aliphatic carbocycles.